The van der Waals surface area contributed by atoms with E-state index in [-0.39, 0.29) is 17.3 Å². The van der Waals surface area contributed by atoms with Gasteiger partial charge in [0.25, 0.3) is 0 Å². The van der Waals surface area contributed by atoms with E-state index in [0.29, 0.717) is 12.5 Å². The van der Waals surface area contributed by atoms with Crippen LogP contribution in [0.25, 0.3) is 0 Å². The van der Waals surface area contributed by atoms with Crippen LogP contribution in [0.5, 0.6) is 0 Å². The van der Waals surface area contributed by atoms with Crippen LogP contribution in [0.2, 0.25) is 0 Å². The molecule has 1 amide bonds. The van der Waals surface area contributed by atoms with Crippen LogP contribution in [0.3, 0.4) is 0 Å². The molecule has 156 valence electrons. The van der Waals surface area contributed by atoms with Gasteiger partial charge in [0.1, 0.15) is 5.60 Å². The van der Waals surface area contributed by atoms with E-state index in [9.17, 15) is 4.79 Å². The Labute approximate surface area is 168 Å². The lowest BCUT2D eigenvalue weighted by Gasteiger charge is -2.34. The van der Waals surface area contributed by atoms with E-state index in [1.807, 2.05) is 70.4 Å². The standard InChI is InChI=1S/C20H34BN3O4/c1-18(2,3)26-17(25)23-10-8-9-15(12-23)13-24-14-16(11-22-24)21-27-19(4,5)20(6,7)28-21/h11,14-15H,8-10,12-13H2,1-7H3/t15-/m1/s1. The van der Waals surface area contributed by atoms with Gasteiger partial charge in [-0.3, -0.25) is 4.68 Å². The van der Waals surface area contributed by atoms with Crippen molar-refractivity contribution in [1.29, 1.82) is 0 Å². The molecule has 1 aromatic rings. The minimum atomic E-state index is -0.469. The summed E-state index contributed by atoms with van der Waals surface area (Å²) in [6.45, 7) is 16.1. The Bertz CT molecular complexity index is 695. The summed E-state index contributed by atoms with van der Waals surface area (Å²) in [5.41, 5.74) is -0.267. The van der Waals surface area contributed by atoms with Crippen molar-refractivity contribution in [2.24, 2.45) is 5.92 Å². The quantitative estimate of drug-likeness (QED) is 0.742. The highest BCUT2D eigenvalue weighted by Crippen LogP contribution is 2.36. The third kappa shape index (κ3) is 4.71. The lowest BCUT2D eigenvalue weighted by molar-refractivity contribution is 0.00578. The minimum Gasteiger partial charge on any atom is -0.444 e. The average molecular weight is 391 g/mol. The van der Waals surface area contributed by atoms with Crippen molar-refractivity contribution in [3.63, 3.8) is 0 Å². The molecule has 0 saturated carbocycles. The topological polar surface area (TPSA) is 65.8 Å². The van der Waals surface area contributed by atoms with Crippen molar-refractivity contribution in [2.45, 2.75) is 84.7 Å². The Hall–Kier alpha value is -1.54. The number of nitrogens with zero attached hydrogens (tertiary/aromatic N) is 3. The fourth-order valence-electron chi connectivity index (χ4n) is 3.55. The zero-order valence-corrected chi connectivity index (χ0v) is 18.3. The molecule has 0 radical (unpaired) electrons. The molecule has 2 aliphatic rings. The highest BCUT2D eigenvalue weighted by atomic mass is 16.7. The molecule has 0 spiro atoms. The highest BCUT2D eigenvalue weighted by molar-refractivity contribution is 6.61. The lowest BCUT2D eigenvalue weighted by Crippen LogP contribution is -2.43. The molecular weight excluding hydrogens is 357 g/mol. The molecular formula is C20H34BN3O4. The van der Waals surface area contributed by atoms with Crippen LogP contribution in [0.4, 0.5) is 4.79 Å². The molecule has 2 aliphatic heterocycles. The molecule has 0 N–H and O–H groups in total. The van der Waals surface area contributed by atoms with Crippen molar-refractivity contribution in [1.82, 2.24) is 14.7 Å². The van der Waals surface area contributed by atoms with Gasteiger partial charge in [-0.15, -0.1) is 0 Å². The maximum atomic E-state index is 12.4. The second kappa shape index (κ2) is 7.37. The van der Waals surface area contributed by atoms with Crippen molar-refractivity contribution < 1.29 is 18.8 Å². The normalized spacial score (nSPS) is 24.5. The molecule has 28 heavy (non-hydrogen) atoms. The van der Waals surface area contributed by atoms with E-state index in [0.717, 1.165) is 31.4 Å². The van der Waals surface area contributed by atoms with Gasteiger partial charge in [-0.1, -0.05) is 0 Å². The van der Waals surface area contributed by atoms with Crippen molar-refractivity contribution in [2.75, 3.05) is 13.1 Å². The van der Waals surface area contributed by atoms with Gasteiger partial charge in [-0.05, 0) is 67.2 Å². The van der Waals surface area contributed by atoms with Crippen LogP contribution in [0.1, 0.15) is 61.3 Å². The molecule has 0 bridgehead atoms. The molecule has 1 aromatic heterocycles. The number of ether oxygens (including phenoxy) is 1. The number of hydrogen-bond acceptors (Lipinski definition) is 5. The number of aromatic nitrogens is 2. The van der Waals surface area contributed by atoms with E-state index < -0.39 is 12.7 Å². The average Bonchev–Trinajstić information content (AvgIpc) is 3.08. The van der Waals surface area contributed by atoms with Gasteiger partial charge in [0.15, 0.2) is 0 Å². The smallest absolute Gasteiger partial charge is 0.444 e. The predicted molar refractivity (Wildman–Crippen MR) is 108 cm³/mol. The monoisotopic (exact) mass is 391 g/mol. The largest absolute Gasteiger partial charge is 0.498 e. The predicted octanol–water partition coefficient (Wildman–Crippen LogP) is 2.83. The Morgan fingerprint density at radius 2 is 1.93 bits per heavy atom. The summed E-state index contributed by atoms with van der Waals surface area (Å²) >= 11 is 0. The third-order valence-corrected chi connectivity index (χ3v) is 5.79. The van der Waals surface area contributed by atoms with Crippen LogP contribution in [0, 0.1) is 5.92 Å². The number of piperidine rings is 1. The SMILES string of the molecule is CC(C)(C)OC(=O)N1CCC[C@@H](Cn2cc(B3OC(C)(C)C(C)(C)O3)cn2)C1. The zero-order chi connectivity index (χ0) is 20.7. The molecule has 8 heteroatoms. The van der Waals surface area contributed by atoms with E-state index in [2.05, 4.69) is 5.10 Å². The second-order valence-corrected chi connectivity index (χ2v) is 10.0. The molecule has 1 atom stereocenters. The third-order valence-electron chi connectivity index (χ3n) is 5.79. The molecule has 3 heterocycles. The number of amides is 1. The summed E-state index contributed by atoms with van der Waals surface area (Å²) in [5.74, 6) is 0.354. The van der Waals surface area contributed by atoms with Crippen molar-refractivity contribution in [3.8, 4) is 0 Å². The van der Waals surface area contributed by atoms with Crippen LogP contribution in [0.15, 0.2) is 12.4 Å². The van der Waals surface area contributed by atoms with E-state index >= 15 is 0 Å². The van der Waals surface area contributed by atoms with E-state index in [1.165, 1.54) is 0 Å². The molecule has 7 nitrogen and oxygen atoms in total. The summed E-state index contributed by atoms with van der Waals surface area (Å²) in [5, 5.41) is 4.50. The first-order chi connectivity index (χ1) is 12.9. The van der Waals surface area contributed by atoms with Gasteiger partial charge < -0.3 is 18.9 Å². The second-order valence-electron chi connectivity index (χ2n) is 10.0. The fraction of sp³-hybridized carbons (Fsp3) is 0.800. The van der Waals surface area contributed by atoms with Crippen LogP contribution < -0.4 is 5.46 Å². The van der Waals surface area contributed by atoms with Gasteiger partial charge >= 0.3 is 13.2 Å². The molecule has 0 unspecified atom stereocenters. The molecule has 3 rings (SSSR count). The number of hydrogen-bond donors (Lipinski definition) is 0. The Morgan fingerprint density at radius 1 is 1.29 bits per heavy atom. The fourth-order valence-corrected chi connectivity index (χ4v) is 3.55. The lowest BCUT2D eigenvalue weighted by atomic mass is 9.82. The maximum absolute atomic E-state index is 12.4. The first-order valence-corrected chi connectivity index (χ1v) is 10.2. The minimum absolute atomic E-state index is 0.226. The summed E-state index contributed by atoms with van der Waals surface area (Å²) in [7, 11) is -0.400. The number of carbonyl (C=O) groups is 1. The van der Waals surface area contributed by atoms with Gasteiger partial charge in [0.05, 0.1) is 11.2 Å². The van der Waals surface area contributed by atoms with Gasteiger partial charge in [0, 0.05) is 37.5 Å². The van der Waals surface area contributed by atoms with E-state index in [1.54, 1.807) is 0 Å². The Morgan fingerprint density at radius 3 is 2.54 bits per heavy atom. The van der Waals surface area contributed by atoms with Crippen molar-refractivity contribution >= 4 is 18.7 Å². The Kier molecular flexibility index (Phi) is 5.58. The zero-order valence-electron chi connectivity index (χ0n) is 18.3. The van der Waals surface area contributed by atoms with Crippen molar-refractivity contribution in [3.05, 3.63) is 12.4 Å². The molecule has 2 fully saturated rings. The summed E-state index contributed by atoms with van der Waals surface area (Å²) in [6, 6.07) is 0. The molecule has 0 aromatic carbocycles. The summed E-state index contributed by atoms with van der Waals surface area (Å²) in [4.78, 5) is 14.2. The number of carbonyl (C=O) groups excluding carboxylic acids is 1. The number of rotatable bonds is 3. The molecule has 2 saturated heterocycles. The maximum Gasteiger partial charge on any atom is 0.498 e. The first kappa shape index (κ1) is 21.2. The van der Waals surface area contributed by atoms with Gasteiger partial charge in [-0.25, -0.2) is 4.79 Å². The molecule has 0 aliphatic carbocycles. The van der Waals surface area contributed by atoms with Crippen LogP contribution in [-0.2, 0) is 20.6 Å². The van der Waals surface area contributed by atoms with Crippen LogP contribution in [-0.4, -0.2) is 57.8 Å². The van der Waals surface area contributed by atoms with E-state index in [4.69, 9.17) is 14.0 Å². The summed E-state index contributed by atoms with van der Waals surface area (Å²) in [6.07, 6.45) is 5.64. The van der Waals surface area contributed by atoms with Crippen LogP contribution >= 0.6 is 0 Å². The summed E-state index contributed by atoms with van der Waals surface area (Å²) < 4.78 is 19.7. The van der Waals surface area contributed by atoms with Gasteiger partial charge in [0.2, 0.25) is 0 Å². The van der Waals surface area contributed by atoms with Gasteiger partial charge in [-0.2, -0.15) is 5.10 Å². The first-order valence-electron chi connectivity index (χ1n) is 10.2. The Balaban J connectivity index is 1.59. The number of likely N-dealkylation sites (tertiary alicyclic amines) is 1. The highest BCUT2D eigenvalue weighted by Gasteiger charge is 2.52.